The van der Waals surface area contributed by atoms with Gasteiger partial charge in [-0.25, -0.2) is 4.98 Å². The van der Waals surface area contributed by atoms with Crippen molar-refractivity contribution in [1.29, 1.82) is 0 Å². The predicted molar refractivity (Wildman–Crippen MR) is 192 cm³/mol. The fraction of sp³-hybridized carbons (Fsp3) is 0.0238. The van der Waals surface area contributed by atoms with Crippen LogP contribution in [-0.4, -0.2) is 15.7 Å². The van der Waals surface area contributed by atoms with E-state index in [1.807, 2.05) is 24.5 Å². The van der Waals surface area contributed by atoms with Gasteiger partial charge in [-0.15, -0.1) is 0 Å². The van der Waals surface area contributed by atoms with Crippen LogP contribution in [-0.2, 0) is 0 Å². The Labute approximate surface area is 261 Å². The lowest BCUT2D eigenvalue weighted by Gasteiger charge is -2.11. The van der Waals surface area contributed by atoms with Crippen LogP contribution in [0.15, 0.2) is 157 Å². The minimum absolute atomic E-state index is 0.918. The molecule has 6 aromatic carbocycles. The van der Waals surface area contributed by atoms with Gasteiger partial charge in [-0.2, -0.15) is 0 Å². The standard InChI is InChI=1S/C42H29N3/c1-3-28(29-14-16-30(17-15-29)40-23-21-32-19-18-31-9-8-24-43-41(31)42(32)45-40)26-44-27(2)33-20-22-38-36-12-5-4-10-34(36)35-11-6-7-13-37(35)39(38)25-33/h3-26H,1H2,2H3/b28-26+,44-27+. The number of aromatic nitrogens is 2. The zero-order valence-electron chi connectivity index (χ0n) is 24.9. The van der Waals surface area contributed by atoms with Gasteiger partial charge in [0.1, 0.15) is 0 Å². The van der Waals surface area contributed by atoms with E-state index in [1.54, 1.807) is 0 Å². The normalized spacial score (nSPS) is 12.5. The van der Waals surface area contributed by atoms with Crippen LogP contribution in [0.1, 0.15) is 18.1 Å². The van der Waals surface area contributed by atoms with Crippen LogP contribution in [0.4, 0.5) is 0 Å². The maximum absolute atomic E-state index is 5.00. The highest BCUT2D eigenvalue weighted by atomic mass is 14.8. The Morgan fingerprint density at radius 3 is 1.89 bits per heavy atom. The third-order valence-corrected chi connectivity index (χ3v) is 8.73. The van der Waals surface area contributed by atoms with Crippen molar-refractivity contribution < 1.29 is 0 Å². The van der Waals surface area contributed by atoms with E-state index in [0.29, 0.717) is 0 Å². The van der Waals surface area contributed by atoms with Crippen molar-refractivity contribution >= 4 is 65.4 Å². The summed E-state index contributed by atoms with van der Waals surface area (Å²) in [7, 11) is 0. The molecule has 0 aliphatic rings. The lowest BCUT2D eigenvalue weighted by molar-refractivity contribution is 1.37. The van der Waals surface area contributed by atoms with Crippen LogP contribution >= 0.6 is 0 Å². The van der Waals surface area contributed by atoms with Gasteiger partial charge >= 0.3 is 0 Å². The summed E-state index contributed by atoms with van der Waals surface area (Å²) >= 11 is 0. The number of hydrogen-bond donors (Lipinski definition) is 0. The molecule has 0 saturated heterocycles. The maximum atomic E-state index is 5.00. The van der Waals surface area contributed by atoms with Crippen molar-refractivity contribution in [2.45, 2.75) is 6.92 Å². The summed E-state index contributed by atoms with van der Waals surface area (Å²) < 4.78 is 0. The van der Waals surface area contributed by atoms with Crippen LogP contribution < -0.4 is 0 Å². The molecule has 0 radical (unpaired) electrons. The van der Waals surface area contributed by atoms with E-state index >= 15 is 0 Å². The van der Waals surface area contributed by atoms with E-state index in [9.17, 15) is 0 Å². The van der Waals surface area contributed by atoms with Gasteiger partial charge in [0.2, 0.25) is 0 Å². The molecular formula is C42H29N3. The highest BCUT2D eigenvalue weighted by Crippen LogP contribution is 2.35. The number of pyridine rings is 2. The van der Waals surface area contributed by atoms with Gasteiger partial charge in [0.25, 0.3) is 0 Å². The molecule has 8 aromatic rings. The van der Waals surface area contributed by atoms with Gasteiger partial charge in [-0.05, 0) is 74.1 Å². The molecule has 2 aromatic heterocycles. The van der Waals surface area contributed by atoms with E-state index in [2.05, 4.69) is 140 Å². The van der Waals surface area contributed by atoms with Crippen molar-refractivity contribution in [3.8, 4) is 11.3 Å². The molecule has 0 spiro atoms. The molecule has 0 aliphatic heterocycles. The average molecular weight is 576 g/mol. The Hall–Kier alpha value is -5.93. The van der Waals surface area contributed by atoms with Crippen LogP contribution in [0, 0.1) is 0 Å². The first-order chi connectivity index (χ1) is 22.2. The molecule has 212 valence electrons. The lowest BCUT2D eigenvalue weighted by atomic mass is 9.93. The average Bonchev–Trinajstić information content (AvgIpc) is 3.11. The molecule has 0 bridgehead atoms. The topological polar surface area (TPSA) is 38.1 Å². The molecule has 3 heteroatoms. The summed E-state index contributed by atoms with van der Waals surface area (Å²) in [6.07, 6.45) is 5.59. The second-order valence-electron chi connectivity index (χ2n) is 11.3. The number of fused-ring (bicyclic) bond motifs is 9. The van der Waals surface area contributed by atoms with Gasteiger partial charge < -0.3 is 0 Å². The summed E-state index contributed by atoms with van der Waals surface area (Å²) in [5.41, 5.74) is 7.87. The van der Waals surface area contributed by atoms with Crippen LogP contribution in [0.5, 0.6) is 0 Å². The molecule has 8 rings (SSSR count). The first-order valence-corrected chi connectivity index (χ1v) is 15.1. The number of hydrogen-bond acceptors (Lipinski definition) is 3. The van der Waals surface area contributed by atoms with Gasteiger partial charge in [0.15, 0.2) is 0 Å². The molecule has 3 nitrogen and oxygen atoms in total. The molecule has 0 N–H and O–H groups in total. The summed E-state index contributed by atoms with van der Waals surface area (Å²) in [4.78, 5) is 14.5. The largest absolute Gasteiger partial charge is 0.260 e. The number of allylic oxidation sites excluding steroid dienone is 2. The third-order valence-electron chi connectivity index (χ3n) is 8.73. The van der Waals surface area contributed by atoms with Gasteiger partial charge in [-0.3, -0.25) is 9.98 Å². The smallest absolute Gasteiger partial charge is 0.0972 e. The summed E-state index contributed by atoms with van der Waals surface area (Å²) in [5.74, 6) is 0. The third kappa shape index (κ3) is 4.66. The Morgan fingerprint density at radius 2 is 1.20 bits per heavy atom. The molecule has 0 saturated carbocycles. The number of aliphatic imine (C=N–C) groups is 1. The van der Waals surface area contributed by atoms with Crippen LogP contribution in [0.3, 0.4) is 0 Å². The number of rotatable bonds is 5. The Bertz CT molecular complexity index is 2470. The molecule has 45 heavy (non-hydrogen) atoms. The predicted octanol–water partition coefficient (Wildman–Crippen LogP) is 10.9. The maximum Gasteiger partial charge on any atom is 0.0972 e. The lowest BCUT2D eigenvalue weighted by Crippen LogP contribution is -1.95. The quantitative estimate of drug-likeness (QED) is 0.116. The van der Waals surface area contributed by atoms with E-state index in [1.165, 1.54) is 32.3 Å². The SMILES string of the molecule is C=C/C(=C\N=C(/C)c1ccc2c3ccccc3c3ccccc3c2c1)c1ccc(-c2ccc3ccc4cccnc4c3n2)cc1. The van der Waals surface area contributed by atoms with Gasteiger partial charge in [-0.1, -0.05) is 122 Å². The van der Waals surface area contributed by atoms with E-state index < -0.39 is 0 Å². The summed E-state index contributed by atoms with van der Waals surface area (Å²) in [6, 6.07) is 44.8. The highest BCUT2D eigenvalue weighted by Gasteiger charge is 2.10. The van der Waals surface area contributed by atoms with E-state index in [0.717, 1.165) is 55.5 Å². The Kier molecular flexibility index (Phi) is 6.50. The van der Waals surface area contributed by atoms with Crippen LogP contribution in [0.2, 0.25) is 0 Å². The fourth-order valence-electron chi connectivity index (χ4n) is 6.34. The first kappa shape index (κ1) is 26.7. The van der Waals surface area contributed by atoms with Crippen molar-refractivity contribution in [2.75, 3.05) is 0 Å². The molecule has 0 amide bonds. The van der Waals surface area contributed by atoms with Gasteiger partial charge in [0.05, 0.1) is 16.7 Å². The Morgan fingerprint density at radius 1 is 0.600 bits per heavy atom. The summed E-state index contributed by atoms with van der Waals surface area (Å²) in [5, 5.41) is 9.76. The van der Waals surface area contributed by atoms with E-state index in [4.69, 9.17) is 9.98 Å². The first-order valence-electron chi connectivity index (χ1n) is 15.1. The number of benzene rings is 6. The molecule has 0 unspecified atom stereocenters. The Balaban J connectivity index is 1.12. The number of nitrogens with zero attached hydrogens (tertiary/aromatic N) is 3. The minimum Gasteiger partial charge on any atom is -0.260 e. The molecular weight excluding hydrogens is 546 g/mol. The second kappa shape index (κ2) is 11.0. The van der Waals surface area contributed by atoms with Crippen LogP contribution in [0.25, 0.3) is 71.0 Å². The molecule has 0 aliphatic carbocycles. The molecule has 0 fully saturated rings. The monoisotopic (exact) mass is 575 g/mol. The van der Waals surface area contributed by atoms with Crippen molar-refractivity contribution in [3.05, 3.63) is 164 Å². The highest BCUT2D eigenvalue weighted by molar-refractivity contribution is 6.26. The van der Waals surface area contributed by atoms with Crippen molar-refractivity contribution in [3.63, 3.8) is 0 Å². The summed E-state index contributed by atoms with van der Waals surface area (Å²) in [6.45, 7) is 6.14. The zero-order chi connectivity index (χ0) is 30.3. The molecule has 2 heterocycles. The van der Waals surface area contributed by atoms with E-state index in [-0.39, 0.29) is 0 Å². The minimum atomic E-state index is 0.918. The zero-order valence-corrected chi connectivity index (χ0v) is 24.9. The molecule has 0 atom stereocenters. The fourth-order valence-corrected chi connectivity index (χ4v) is 6.34. The second-order valence-corrected chi connectivity index (χ2v) is 11.3. The van der Waals surface area contributed by atoms with Gasteiger partial charge in [0, 0.05) is 34.4 Å². The van der Waals surface area contributed by atoms with Crippen molar-refractivity contribution in [2.24, 2.45) is 4.99 Å². The van der Waals surface area contributed by atoms with Crippen molar-refractivity contribution in [1.82, 2.24) is 9.97 Å².